The van der Waals surface area contributed by atoms with Gasteiger partial charge in [-0.1, -0.05) is 17.7 Å². The lowest BCUT2D eigenvalue weighted by molar-refractivity contribution is -0.147. The molecule has 2 nitrogen and oxygen atoms in total. The molecule has 18 heavy (non-hydrogen) atoms. The summed E-state index contributed by atoms with van der Waals surface area (Å²) in [4.78, 5) is 12.2. The summed E-state index contributed by atoms with van der Waals surface area (Å²) >= 11 is 5.70. The molecule has 1 fully saturated rings. The second-order valence-electron chi connectivity index (χ2n) is 4.88. The van der Waals surface area contributed by atoms with Gasteiger partial charge in [-0.15, -0.1) is 0 Å². The number of Topliss-reactive ketones (excluding diaryl/α,β-unsaturated/α-hetero) is 1. The third-order valence-electron chi connectivity index (χ3n) is 3.41. The van der Waals surface area contributed by atoms with Crippen LogP contribution in [-0.4, -0.2) is 18.0 Å². The number of carbonyl (C=O) groups is 1. The van der Waals surface area contributed by atoms with Crippen LogP contribution in [0.4, 0.5) is 4.39 Å². The highest BCUT2D eigenvalue weighted by Gasteiger charge is 2.35. The van der Waals surface area contributed by atoms with Crippen molar-refractivity contribution in [2.24, 2.45) is 0 Å². The van der Waals surface area contributed by atoms with Gasteiger partial charge in [0.2, 0.25) is 0 Å². The van der Waals surface area contributed by atoms with E-state index in [1.54, 1.807) is 6.07 Å². The van der Waals surface area contributed by atoms with Crippen molar-refractivity contribution in [3.63, 3.8) is 0 Å². The Morgan fingerprint density at radius 2 is 2.28 bits per heavy atom. The molecule has 0 saturated carbocycles. The standard InChI is InChI=1S/C14H16ClFO2/c1-14(6-2-3-7-18-14)13(17)9-10-4-5-12(16)11(15)8-10/h4-5,8H,2-3,6-7,9H2,1H3. The molecule has 0 aromatic heterocycles. The maximum absolute atomic E-state index is 13.0. The Bertz CT molecular complexity index is 453. The normalized spacial score (nSPS) is 23.9. The number of hydrogen-bond acceptors (Lipinski definition) is 2. The molecule has 0 N–H and O–H groups in total. The highest BCUT2D eigenvalue weighted by atomic mass is 35.5. The summed E-state index contributed by atoms with van der Waals surface area (Å²) in [6, 6.07) is 4.38. The summed E-state index contributed by atoms with van der Waals surface area (Å²) in [5.41, 5.74) is 0.0286. The smallest absolute Gasteiger partial charge is 0.168 e. The van der Waals surface area contributed by atoms with Crippen molar-refractivity contribution in [1.29, 1.82) is 0 Å². The lowest BCUT2D eigenvalue weighted by Crippen LogP contribution is -2.42. The van der Waals surface area contributed by atoms with Crippen LogP contribution in [0.1, 0.15) is 31.7 Å². The average Bonchev–Trinajstić information content (AvgIpc) is 2.35. The van der Waals surface area contributed by atoms with Gasteiger partial charge >= 0.3 is 0 Å². The van der Waals surface area contributed by atoms with Crippen molar-refractivity contribution in [2.75, 3.05) is 6.61 Å². The monoisotopic (exact) mass is 270 g/mol. The molecule has 1 heterocycles. The Morgan fingerprint density at radius 3 is 2.89 bits per heavy atom. The predicted octanol–water partition coefficient (Wildman–Crippen LogP) is 3.55. The number of halogens is 2. The largest absolute Gasteiger partial charge is 0.367 e. The van der Waals surface area contributed by atoms with E-state index in [-0.39, 0.29) is 17.2 Å². The Morgan fingerprint density at radius 1 is 1.50 bits per heavy atom. The van der Waals surface area contributed by atoms with Gasteiger partial charge in [0.15, 0.2) is 5.78 Å². The fraction of sp³-hybridized carbons (Fsp3) is 0.500. The minimum Gasteiger partial charge on any atom is -0.367 e. The number of rotatable bonds is 3. The van der Waals surface area contributed by atoms with E-state index in [0.717, 1.165) is 24.8 Å². The van der Waals surface area contributed by atoms with Crippen LogP contribution in [0.25, 0.3) is 0 Å². The molecule has 1 aromatic rings. The van der Waals surface area contributed by atoms with Gasteiger partial charge in [0.05, 0.1) is 5.02 Å². The summed E-state index contributed by atoms with van der Waals surface area (Å²) in [7, 11) is 0. The van der Waals surface area contributed by atoms with E-state index < -0.39 is 11.4 Å². The molecule has 0 aliphatic carbocycles. The lowest BCUT2D eigenvalue weighted by atomic mass is 9.88. The molecule has 1 saturated heterocycles. The number of hydrogen-bond donors (Lipinski definition) is 0. The highest BCUT2D eigenvalue weighted by Crippen LogP contribution is 2.27. The molecule has 1 aliphatic heterocycles. The third kappa shape index (κ3) is 2.90. The van der Waals surface area contributed by atoms with Crippen molar-refractivity contribution in [1.82, 2.24) is 0 Å². The topological polar surface area (TPSA) is 26.3 Å². The first-order valence-electron chi connectivity index (χ1n) is 6.12. The first-order valence-corrected chi connectivity index (χ1v) is 6.50. The summed E-state index contributed by atoms with van der Waals surface area (Å²) in [5.74, 6) is -0.433. The number of benzene rings is 1. The molecule has 4 heteroatoms. The van der Waals surface area contributed by atoms with Gasteiger partial charge in [-0.3, -0.25) is 4.79 Å². The van der Waals surface area contributed by atoms with E-state index >= 15 is 0 Å². The van der Waals surface area contributed by atoms with E-state index in [0.29, 0.717) is 6.61 Å². The average molecular weight is 271 g/mol. The van der Waals surface area contributed by atoms with Crippen molar-refractivity contribution in [2.45, 2.75) is 38.2 Å². The van der Waals surface area contributed by atoms with E-state index in [1.165, 1.54) is 12.1 Å². The van der Waals surface area contributed by atoms with Crippen molar-refractivity contribution < 1.29 is 13.9 Å². The molecule has 1 aliphatic rings. The number of ketones is 1. The minimum absolute atomic E-state index is 0.0323. The van der Waals surface area contributed by atoms with Crippen LogP contribution in [0.2, 0.25) is 5.02 Å². The first kappa shape index (κ1) is 13.5. The fourth-order valence-electron chi connectivity index (χ4n) is 2.18. The van der Waals surface area contributed by atoms with E-state index in [4.69, 9.17) is 16.3 Å². The lowest BCUT2D eigenvalue weighted by Gasteiger charge is -2.32. The van der Waals surface area contributed by atoms with Gasteiger partial charge in [0.1, 0.15) is 11.4 Å². The van der Waals surface area contributed by atoms with Crippen molar-refractivity contribution in [3.8, 4) is 0 Å². The highest BCUT2D eigenvalue weighted by molar-refractivity contribution is 6.30. The molecule has 0 radical (unpaired) electrons. The Kier molecular flexibility index (Phi) is 4.03. The van der Waals surface area contributed by atoms with Crippen molar-refractivity contribution >= 4 is 17.4 Å². The third-order valence-corrected chi connectivity index (χ3v) is 3.70. The number of carbonyl (C=O) groups excluding carboxylic acids is 1. The van der Waals surface area contributed by atoms with Crippen LogP contribution >= 0.6 is 11.6 Å². The van der Waals surface area contributed by atoms with Crippen LogP contribution in [-0.2, 0) is 16.0 Å². The zero-order valence-electron chi connectivity index (χ0n) is 10.3. The van der Waals surface area contributed by atoms with E-state index in [1.807, 2.05) is 6.92 Å². The van der Waals surface area contributed by atoms with Gasteiger partial charge < -0.3 is 4.74 Å². The Balaban J connectivity index is 2.08. The van der Waals surface area contributed by atoms with Crippen molar-refractivity contribution in [3.05, 3.63) is 34.6 Å². The minimum atomic E-state index is -0.695. The molecule has 1 aromatic carbocycles. The number of ether oxygens (including phenoxy) is 1. The van der Waals surface area contributed by atoms with E-state index in [2.05, 4.69) is 0 Å². The molecule has 2 rings (SSSR count). The van der Waals surface area contributed by atoms with Crippen LogP contribution in [0.15, 0.2) is 18.2 Å². The van der Waals surface area contributed by atoms with Crippen LogP contribution in [0.5, 0.6) is 0 Å². The van der Waals surface area contributed by atoms with Crippen LogP contribution in [0.3, 0.4) is 0 Å². The maximum Gasteiger partial charge on any atom is 0.168 e. The Labute approximate surface area is 111 Å². The zero-order valence-corrected chi connectivity index (χ0v) is 11.1. The molecular weight excluding hydrogens is 255 g/mol. The molecular formula is C14H16ClFO2. The first-order chi connectivity index (χ1) is 8.51. The van der Waals surface area contributed by atoms with Gasteiger partial charge in [-0.05, 0) is 43.9 Å². The quantitative estimate of drug-likeness (QED) is 0.840. The second kappa shape index (κ2) is 5.37. The second-order valence-corrected chi connectivity index (χ2v) is 5.29. The molecule has 0 spiro atoms. The van der Waals surface area contributed by atoms with Gasteiger partial charge in [0.25, 0.3) is 0 Å². The fourth-order valence-corrected chi connectivity index (χ4v) is 2.38. The molecule has 98 valence electrons. The molecule has 0 bridgehead atoms. The molecule has 0 amide bonds. The van der Waals surface area contributed by atoms with Gasteiger partial charge in [-0.25, -0.2) is 4.39 Å². The summed E-state index contributed by atoms with van der Waals surface area (Å²) in [6.07, 6.45) is 2.99. The summed E-state index contributed by atoms with van der Waals surface area (Å²) in [6.45, 7) is 2.46. The maximum atomic E-state index is 13.0. The molecule has 1 unspecified atom stereocenters. The summed E-state index contributed by atoms with van der Waals surface area (Å²) < 4.78 is 18.6. The van der Waals surface area contributed by atoms with Gasteiger partial charge in [0, 0.05) is 13.0 Å². The predicted molar refractivity (Wildman–Crippen MR) is 68.3 cm³/mol. The van der Waals surface area contributed by atoms with Gasteiger partial charge in [-0.2, -0.15) is 0 Å². The Hall–Kier alpha value is -0.930. The van der Waals surface area contributed by atoms with Crippen LogP contribution < -0.4 is 0 Å². The summed E-state index contributed by atoms with van der Waals surface area (Å²) in [5, 5.41) is 0.0509. The van der Waals surface area contributed by atoms with Crippen LogP contribution in [0, 0.1) is 5.82 Å². The SMILES string of the molecule is CC1(C(=O)Cc2ccc(F)c(Cl)c2)CCCCO1. The zero-order chi connectivity index (χ0) is 13.2. The van der Waals surface area contributed by atoms with E-state index in [9.17, 15) is 9.18 Å². The molecule has 1 atom stereocenters.